The molecular weight excluding hydrogens is 331 g/mol. The second-order valence-electron chi connectivity index (χ2n) is 6.12. The second kappa shape index (κ2) is 6.45. The first-order valence-electron chi connectivity index (χ1n) is 7.85. The standard InChI is InChI=1S/C16H17FN4O2S/c17-12-4-19-16(20-5-12)21-6-13-11(8-23-14(13)7-21)3-18-15(22)10-1-2-24-9-10/h1-2,4-5,9,11,13-14H,3,6-8H2,(H,18,22)/t11-,13+,14+/m1/s1. The van der Waals surface area contributed by atoms with Gasteiger partial charge in [-0.25, -0.2) is 14.4 Å². The number of hydrogen-bond donors (Lipinski definition) is 1. The molecule has 0 bridgehead atoms. The highest BCUT2D eigenvalue weighted by atomic mass is 32.1. The Morgan fingerprint density at radius 2 is 2.25 bits per heavy atom. The van der Waals surface area contributed by atoms with Crippen LogP contribution in [0.4, 0.5) is 10.3 Å². The maximum atomic E-state index is 13.0. The molecular formula is C16H17FN4O2S. The average molecular weight is 348 g/mol. The number of aromatic nitrogens is 2. The molecule has 1 N–H and O–H groups in total. The van der Waals surface area contributed by atoms with E-state index in [0.29, 0.717) is 37.1 Å². The van der Waals surface area contributed by atoms with Crippen LogP contribution in [0, 0.1) is 17.7 Å². The van der Waals surface area contributed by atoms with E-state index in [2.05, 4.69) is 15.3 Å². The first kappa shape index (κ1) is 15.5. The molecule has 2 saturated heterocycles. The lowest BCUT2D eigenvalue weighted by Gasteiger charge is -2.19. The molecule has 0 saturated carbocycles. The van der Waals surface area contributed by atoms with Gasteiger partial charge in [-0.1, -0.05) is 0 Å². The molecule has 24 heavy (non-hydrogen) atoms. The molecule has 2 aliphatic rings. The zero-order valence-corrected chi connectivity index (χ0v) is 13.7. The third kappa shape index (κ3) is 2.99. The Kier molecular flexibility index (Phi) is 4.15. The van der Waals surface area contributed by atoms with E-state index in [4.69, 9.17) is 4.74 Å². The fourth-order valence-corrected chi connectivity index (χ4v) is 4.00. The average Bonchev–Trinajstić information content (AvgIpc) is 3.30. The van der Waals surface area contributed by atoms with Gasteiger partial charge in [-0.3, -0.25) is 4.79 Å². The summed E-state index contributed by atoms with van der Waals surface area (Å²) in [5.41, 5.74) is 0.697. The van der Waals surface area contributed by atoms with Crippen LogP contribution in [0.1, 0.15) is 10.4 Å². The number of ether oxygens (including phenoxy) is 1. The van der Waals surface area contributed by atoms with Crippen LogP contribution in [0.5, 0.6) is 0 Å². The van der Waals surface area contributed by atoms with Crippen LogP contribution in [-0.4, -0.2) is 48.2 Å². The van der Waals surface area contributed by atoms with Gasteiger partial charge in [0.1, 0.15) is 0 Å². The van der Waals surface area contributed by atoms with Crippen LogP contribution in [0.2, 0.25) is 0 Å². The summed E-state index contributed by atoms with van der Waals surface area (Å²) in [5.74, 6) is 0.625. The van der Waals surface area contributed by atoms with Crippen molar-refractivity contribution in [1.29, 1.82) is 0 Å². The molecule has 0 spiro atoms. The zero-order valence-electron chi connectivity index (χ0n) is 12.9. The number of nitrogens with zero attached hydrogens (tertiary/aromatic N) is 3. The summed E-state index contributed by atoms with van der Waals surface area (Å²) in [4.78, 5) is 22.1. The maximum Gasteiger partial charge on any atom is 0.252 e. The third-order valence-corrected chi connectivity index (χ3v) is 5.32. The van der Waals surface area contributed by atoms with E-state index < -0.39 is 5.82 Å². The zero-order chi connectivity index (χ0) is 16.5. The first-order chi connectivity index (χ1) is 11.7. The molecule has 2 fully saturated rings. The number of fused-ring (bicyclic) bond motifs is 1. The summed E-state index contributed by atoms with van der Waals surface area (Å²) in [6.45, 7) is 2.70. The van der Waals surface area contributed by atoms with E-state index in [1.807, 2.05) is 21.7 Å². The molecule has 2 aromatic rings. The Morgan fingerprint density at radius 1 is 1.42 bits per heavy atom. The fourth-order valence-electron chi connectivity index (χ4n) is 3.36. The molecule has 3 atom stereocenters. The largest absolute Gasteiger partial charge is 0.376 e. The van der Waals surface area contributed by atoms with E-state index in [1.54, 1.807) is 0 Å². The lowest BCUT2D eigenvalue weighted by atomic mass is 9.93. The van der Waals surface area contributed by atoms with Crippen LogP contribution in [0.15, 0.2) is 29.2 Å². The number of rotatable bonds is 4. The van der Waals surface area contributed by atoms with E-state index in [-0.39, 0.29) is 17.9 Å². The van der Waals surface area contributed by atoms with Crippen molar-refractivity contribution in [2.75, 3.05) is 31.1 Å². The molecule has 0 aromatic carbocycles. The summed E-state index contributed by atoms with van der Waals surface area (Å²) < 4.78 is 18.8. The summed E-state index contributed by atoms with van der Waals surface area (Å²) in [6.07, 6.45) is 2.47. The Hall–Kier alpha value is -2.06. The van der Waals surface area contributed by atoms with Crippen molar-refractivity contribution in [3.8, 4) is 0 Å². The molecule has 2 aromatic heterocycles. The van der Waals surface area contributed by atoms with Crippen LogP contribution in [0.3, 0.4) is 0 Å². The van der Waals surface area contributed by atoms with E-state index in [1.165, 1.54) is 23.7 Å². The number of thiophene rings is 1. The number of carbonyl (C=O) groups excluding carboxylic acids is 1. The molecule has 6 nitrogen and oxygen atoms in total. The predicted octanol–water partition coefficient (Wildman–Crippen LogP) is 1.56. The summed E-state index contributed by atoms with van der Waals surface area (Å²) in [5, 5.41) is 6.72. The smallest absolute Gasteiger partial charge is 0.252 e. The van der Waals surface area contributed by atoms with Crippen LogP contribution < -0.4 is 10.2 Å². The molecule has 8 heteroatoms. The molecule has 0 radical (unpaired) electrons. The van der Waals surface area contributed by atoms with E-state index >= 15 is 0 Å². The highest BCUT2D eigenvalue weighted by molar-refractivity contribution is 7.08. The lowest BCUT2D eigenvalue weighted by Crippen LogP contribution is -2.34. The van der Waals surface area contributed by atoms with Crippen molar-refractivity contribution in [3.63, 3.8) is 0 Å². The quantitative estimate of drug-likeness (QED) is 0.908. The topological polar surface area (TPSA) is 67.3 Å². The lowest BCUT2D eigenvalue weighted by molar-refractivity contribution is 0.0940. The SMILES string of the molecule is O=C(NC[C@@H]1CO[C@H]2CN(c3ncc(F)cn3)C[C@@H]12)c1ccsc1. The Bertz CT molecular complexity index is 709. The van der Waals surface area contributed by atoms with Crippen molar-refractivity contribution in [2.24, 2.45) is 11.8 Å². The Balaban J connectivity index is 1.36. The Morgan fingerprint density at radius 3 is 3.00 bits per heavy atom. The molecule has 4 rings (SSSR count). The van der Waals surface area contributed by atoms with Gasteiger partial charge in [0.2, 0.25) is 5.95 Å². The molecule has 126 valence electrons. The molecule has 0 aliphatic carbocycles. The van der Waals surface area contributed by atoms with Crippen molar-refractivity contribution in [2.45, 2.75) is 6.10 Å². The van der Waals surface area contributed by atoms with Crippen molar-refractivity contribution in [1.82, 2.24) is 15.3 Å². The minimum atomic E-state index is -0.441. The molecule has 1 amide bonds. The number of hydrogen-bond acceptors (Lipinski definition) is 6. The van der Waals surface area contributed by atoms with Crippen molar-refractivity contribution in [3.05, 3.63) is 40.6 Å². The number of carbonyl (C=O) groups is 1. The normalized spacial score (nSPS) is 25.7. The summed E-state index contributed by atoms with van der Waals surface area (Å²) in [6, 6.07) is 1.82. The van der Waals surface area contributed by atoms with Gasteiger partial charge in [0.05, 0.1) is 25.1 Å². The third-order valence-electron chi connectivity index (χ3n) is 4.64. The van der Waals surface area contributed by atoms with Gasteiger partial charge >= 0.3 is 0 Å². The van der Waals surface area contributed by atoms with Gasteiger partial charge in [0.15, 0.2) is 5.82 Å². The van der Waals surface area contributed by atoms with Gasteiger partial charge < -0.3 is 15.0 Å². The molecule has 0 unspecified atom stereocenters. The fraction of sp³-hybridized carbons (Fsp3) is 0.438. The van der Waals surface area contributed by atoms with Gasteiger partial charge in [0, 0.05) is 42.4 Å². The van der Waals surface area contributed by atoms with Crippen LogP contribution >= 0.6 is 11.3 Å². The van der Waals surface area contributed by atoms with Gasteiger partial charge in [-0.2, -0.15) is 11.3 Å². The molecule has 2 aliphatic heterocycles. The number of nitrogens with one attached hydrogen (secondary N) is 1. The van der Waals surface area contributed by atoms with E-state index in [0.717, 1.165) is 6.54 Å². The van der Waals surface area contributed by atoms with Crippen molar-refractivity contribution >= 4 is 23.2 Å². The minimum absolute atomic E-state index is 0.0450. The van der Waals surface area contributed by atoms with Crippen molar-refractivity contribution < 1.29 is 13.9 Å². The Labute approximate surface area is 142 Å². The van der Waals surface area contributed by atoms with Gasteiger partial charge in [-0.05, 0) is 11.4 Å². The van der Waals surface area contributed by atoms with E-state index in [9.17, 15) is 9.18 Å². The maximum absolute atomic E-state index is 13.0. The number of halogens is 1. The highest BCUT2D eigenvalue weighted by Crippen LogP contribution is 2.34. The van der Waals surface area contributed by atoms with Gasteiger partial charge in [0.25, 0.3) is 5.91 Å². The molecule has 4 heterocycles. The predicted molar refractivity (Wildman–Crippen MR) is 87.6 cm³/mol. The number of anilines is 1. The van der Waals surface area contributed by atoms with Gasteiger partial charge in [-0.15, -0.1) is 0 Å². The second-order valence-corrected chi connectivity index (χ2v) is 6.90. The monoisotopic (exact) mass is 348 g/mol. The highest BCUT2D eigenvalue weighted by Gasteiger charge is 2.44. The summed E-state index contributed by atoms with van der Waals surface area (Å²) >= 11 is 1.51. The summed E-state index contributed by atoms with van der Waals surface area (Å²) in [7, 11) is 0. The minimum Gasteiger partial charge on any atom is -0.376 e. The first-order valence-corrected chi connectivity index (χ1v) is 8.79. The van der Waals surface area contributed by atoms with Crippen LogP contribution in [0.25, 0.3) is 0 Å². The number of amides is 1. The van der Waals surface area contributed by atoms with Crippen LogP contribution in [-0.2, 0) is 4.74 Å².